The van der Waals surface area contributed by atoms with Crippen LogP contribution in [0.1, 0.15) is 0 Å². The van der Waals surface area contributed by atoms with Crippen LogP contribution < -0.4 is 33.1 Å². The van der Waals surface area contributed by atoms with Crippen molar-refractivity contribution in [3.05, 3.63) is 0 Å². The van der Waals surface area contributed by atoms with Gasteiger partial charge in [0.25, 0.3) is 0 Å². The molecule has 0 aliphatic rings. The van der Waals surface area contributed by atoms with E-state index in [0.29, 0.717) is 0 Å². The monoisotopic (exact) mass is 185 g/mol. The molecule has 10 heteroatoms. The van der Waals surface area contributed by atoms with Gasteiger partial charge in [-0.1, -0.05) is 0 Å². The molecule has 9 nitrogen and oxygen atoms in total. The van der Waals surface area contributed by atoms with Gasteiger partial charge < -0.3 is 48.6 Å². The minimum atomic E-state index is -5.39. The Morgan fingerprint density at radius 2 is 0.800 bits per heavy atom. The first-order chi connectivity index (χ1) is 2.00. The summed E-state index contributed by atoms with van der Waals surface area (Å²) in [5.41, 5.74) is 0. The van der Waals surface area contributed by atoms with E-state index in [9.17, 15) is 0 Å². The molecule has 0 rings (SSSR count). The van der Waals surface area contributed by atoms with Gasteiger partial charge >= 0.3 is 0 Å². The second-order valence-corrected chi connectivity index (χ2v) is 1.34. The van der Waals surface area contributed by atoms with Crippen molar-refractivity contribution in [2.75, 3.05) is 0 Å². The fourth-order valence-electron chi connectivity index (χ4n) is 0. The summed E-state index contributed by atoms with van der Waals surface area (Å²) in [7, 11) is -5.39. The molecule has 0 atom stereocenters. The van der Waals surface area contributed by atoms with Crippen LogP contribution in [0, 0.1) is 0 Å². The molecular formula is H16N3O6P. The fraction of sp³-hybridized carbons (Fsp3) is 0. The number of phosphoric acid groups is 1. The summed E-state index contributed by atoms with van der Waals surface area (Å²) in [5.74, 6) is 0. The topological polar surface area (TPSA) is 259 Å². The van der Waals surface area contributed by atoms with E-state index in [2.05, 4.69) is 0 Å². The maximum absolute atomic E-state index is 8.55. The van der Waals surface area contributed by atoms with Crippen molar-refractivity contribution in [2.45, 2.75) is 0 Å². The summed E-state index contributed by atoms with van der Waals surface area (Å²) in [6, 6.07) is 0. The van der Waals surface area contributed by atoms with Crippen molar-refractivity contribution in [3.8, 4) is 0 Å². The van der Waals surface area contributed by atoms with Gasteiger partial charge in [0.1, 0.15) is 0 Å². The predicted molar refractivity (Wildman–Crippen MR) is 32.8 cm³/mol. The molecule has 72 valence electrons. The summed E-state index contributed by atoms with van der Waals surface area (Å²) < 4.78 is 8.55. The van der Waals surface area contributed by atoms with Crippen LogP contribution in [0.25, 0.3) is 0 Å². The van der Waals surface area contributed by atoms with Crippen LogP contribution in [0.15, 0.2) is 0 Å². The van der Waals surface area contributed by atoms with E-state index < -0.39 is 7.82 Å². The van der Waals surface area contributed by atoms with Gasteiger partial charge in [0.2, 0.25) is 0 Å². The van der Waals surface area contributed by atoms with Crippen LogP contribution in [-0.4, -0.2) is 11.0 Å². The van der Waals surface area contributed by atoms with Gasteiger partial charge in [-0.3, -0.25) is 0 Å². The average molecular weight is 185 g/mol. The summed E-state index contributed by atoms with van der Waals surface area (Å²) in [4.78, 5) is 25.6. The lowest BCUT2D eigenvalue weighted by atomic mass is 14.0. The summed E-state index contributed by atoms with van der Waals surface area (Å²) in [6.45, 7) is 0. The lowest BCUT2D eigenvalue weighted by Crippen LogP contribution is -2.24. The molecule has 10 heavy (non-hydrogen) atoms. The third-order valence-electron chi connectivity index (χ3n) is 0. The molecule has 0 radical (unpaired) electrons. The van der Waals surface area contributed by atoms with Crippen LogP contribution >= 0.6 is 7.82 Å². The van der Waals surface area contributed by atoms with E-state index in [1.165, 1.54) is 0 Å². The molecule has 0 bridgehead atoms. The van der Waals surface area contributed by atoms with Crippen molar-refractivity contribution in [2.24, 2.45) is 0 Å². The highest BCUT2D eigenvalue weighted by molar-refractivity contribution is 7.40. The van der Waals surface area contributed by atoms with E-state index >= 15 is 0 Å². The Morgan fingerprint density at radius 3 is 0.800 bits per heavy atom. The lowest BCUT2D eigenvalue weighted by Gasteiger charge is -2.36. The third-order valence-corrected chi connectivity index (χ3v) is 0. The molecule has 0 amide bonds. The van der Waals surface area contributed by atoms with Crippen LogP contribution in [0.2, 0.25) is 0 Å². The molecule has 0 unspecified atom stereocenters. The average Bonchev–Trinajstić information content (AvgIpc) is 0.722. The number of hydrogen-bond acceptors (Lipinski definition) is 4. The van der Waals surface area contributed by atoms with Gasteiger partial charge in [-0.15, -0.1) is 0 Å². The molecule has 0 heterocycles. The Kier molecular flexibility index (Phi) is 82.1. The fourth-order valence-corrected chi connectivity index (χ4v) is 0. The maximum atomic E-state index is 8.55. The molecule has 0 aromatic heterocycles. The van der Waals surface area contributed by atoms with E-state index in [4.69, 9.17) is 19.2 Å². The normalized spacial score (nSPS) is 5.90. The molecule has 16 N–H and O–H groups in total. The van der Waals surface area contributed by atoms with E-state index in [-0.39, 0.29) is 29.4 Å². The first-order valence-corrected chi connectivity index (χ1v) is 2.19. The van der Waals surface area contributed by atoms with Crippen LogP contribution in [-0.2, 0) is 4.57 Å². The number of quaternary nitrogens is 3. The highest BCUT2D eigenvalue weighted by Crippen LogP contribution is 2.03. The predicted octanol–water partition coefficient (Wildman–Crippen LogP) is -3.35. The summed E-state index contributed by atoms with van der Waals surface area (Å²) in [5, 5.41) is 0. The Morgan fingerprint density at radius 1 is 0.800 bits per heavy atom. The Balaban J connectivity index is -0.00000000800. The minimum Gasteiger partial charge on any atom is -0.822 e. The minimum absolute atomic E-state index is 0. The lowest BCUT2D eigenvalue weighted by molar-refractivity contribution is -0.432. The SMILES string of the molecule is O.O.O=P([O-])([O-])[O-].[NH4+].[NH4+].[NH4+]. The zero-order valence-electron chi connectivity index (χ0n) is 6.08. The quantitative estimate of drug-likeness (QED) is 0.326. The van der Waals surface area contributed by atoms with E-state index in [0.717, 1.165) is 0 Å². The van der Waals surface area contributed by atoms with Gasteiger partial charge in [0, 0.05) is 0 Å². The van der Waals surface area contributed by atoms with Gasteiger partial charge in [-0.2, -0.15) is 7.82 Å². The first kappa shape index (κ1) is 51.5. The molecule has 0 aliphatic carbocycles. The molecular weight excluding hydrogens is 169 g/mol. The van der Waals surface area contributed by atoms with Crippen LogP contribution in [0.3, 0.4) is 0 Å². The molecule has 0 saturated heterocycles. The third kappa shape index (κ3) is 46600. The van der Waals surface area contributed by atoms with Gasteiger partial charge in [-0.25, -0.2) is 0 Å². The van der Waals surface area contributed by atoms with E-state index in [1.807, 2.05) is 0 Å². The second-order valence-electron chi connectivity index (χ2n) is 0.447. The maximum Gasteiger partial charge on any atom is -0.159 e. The zero-order chi connectivity index (χ0) is 4.50. The summed E-state index contributed by atoms with van der Waals surface area (Å²) in [6.07, 6.45) is 0. The van der Waals surface area contributed by atoms with Crippen molar-refractivity contribution >= 4 is 7.82 Å². The number of rotatable bonds is 0. The Hall–Kier alpha value is -0.0900. The molecule has 0 aromatic rings. The smallest absolute Gasteiger partial charge is 0.159 e. The molecule has 0 aliphatic heterocycles. The molecule has 0 fully saturated rings. The number of hydrogen-bond donors (Lipinski definition) is 3. The molecule has 0 spiro atoms. The highest BCUT2D eigenvalue weighted by Gasteiger charge is 1.44. The molecule has 0 aromatic carbocycles. The Bertz CT molecular complexity index is 59.1. The van der Waals surface area contributed by atoms with Crippen LogP contribution in [0.5, 0.6) is 0 Å². The second kappa shape index (κ2) is 16.0. The van der Waals surface area contributed by atoms with Gasteiger partial charge in [-0.05, 0) is 0 Å². The zero-order valence-corrected chi connectivity index (χ0v) is 6.97. The van der Waals surface area contributed by atoms with Gasteiger partial charge in [0.15, 0.2) is 0 Å². The largest absolute Gasteiger partial charge is 0.822 e. The van der Waals surface area contributed by atoms with Crippen LogP contribution in [0.4, 0.5) is 0 Å². The van der Waals surface area contributed by atoms with Crippen molar-refractivity contribution in [1.29, 1.82) is 0 Å². The van der Waals surface area contributed by atoms with Gasteiger partial charge in [0.05, 0.1) is 0 Å². The van der Waals surface area contributed by atoms with Crippen molar-refractivity contribution in [3.63, 3.8) is 0 Å². The van der Waals surface area contributed by atoms with Crippen molar-refractivity contribution in [1.82, 2.24) is 18.5 Å². The Labute approximate surface area is 57.7 Å². The van der Waals surface area contributed by atoms with Crippen molar-refractivity contribution < 1.29 is 30.2 Å². The highest BCUT2D eigenvalue weighted by atomic mass is 31.2. The summed E-state index contributed by atoms with van der Waals surface area (Å²) >= 11 is 0. The molecule has 0 saturated carbocycles. The standard InChI is InChI=1S/3H3N.H3O4P.2H2O/c;;;1-5(2,3)4;;/h3*1H3;(H3,1,2,3,4);2*1H2. The van der Waals surface area contributed by atoms with E-state index in [1.54, 1.807) is 0 Å². The first-order valence-electron chi connectivity index (χ1n) is 0.730.